The van der Waals surface area contributed by atoms with Crippen LogP contribution < -0.4 is 10.8 Å². The van der Waals surface area contributed by atoms with Gasteiger partial charge >= 0.3 is 0 Å². The second-order valence-electron chi connectivity index (χ2n) is 5.45. The van der Waals surface area contributed by atoms with Crippen LogP contribution in [0.5, 0.6) is 0 Å². The quantitative estimate of drug-likeness (QED) is 0.539. The minimum absolute atomic E-state index is 0.794. The summed E-state index contributed by atoms with van der Waals surface area (Å²) in [6.07, 6.45) is 0. The Kier molecular flexibility index (Phi) is 3.82. The van der Waals surface area contributed by atoms with Gasteiger partial charge in [0.05, 0.1) is 11.0 Å². The number of para-hydroxylation sites is 2. The van der Waals surface area contributed by atoms with E-state index < -0.39 is 0 Å². The van der Waals surface area contributed by atoms with Crippen LogP contribution in [0.1, 0.15) is 0 Å². The molecule has 0 spiro atoms. The summed E-state index contributed by atoms with van der Waals surface area (Å²) in [5, 5.41) is 6.40. The molecule has 1 aromatic heterocycles. The van der Waals surface area contributed by atoms with Gasteiger partial charge in [-0.3, -0.25) is 5.43 Å². The average Bonchev–Trinajstić information content (AvgIpc) is 2.67. The Balaban J connectivity index is 1.87. The van der Waals surface area contributed by atoms with E-state index in [-0.39, 0.29) is 0 Å². The van der Waals surface area contributed by atoms with E-state index in [1.54, 1.807) is 0 Å². The van der Waals surface area contributed by atoms with Gasteiger partial charge in [0.15, 0.2) is 0 Å². The molecule has 1 heterocycles. The Bertz CT molecular complexity index is 1020. The molecule has 3 nitrogen and oxygen atoms in total. The maximum absolute atomic E-state index is 6.05. The van der Waals surface area contributed by atoms with E-state index in [9.17, 15) is 0 Å². The molecule has 116 valence electrons. The summed E-state index contributed by atoms with van der Waals surface area (Å²) in [6, 6.07) is 29.8. The second-order valence-corrected chi connectivity index (χ2v) is 5.45. The number of rotatable bonds is 3. The zero-order chi connectivity index (χ0) is 16.2. The third-order valence-electron chi connectivity index (χ3n) is 3.79. The number of hydrogen-bond donors (Lipinski definition) is 1. The van der Waals surface area contributed by atoms with Crippen LogP contribution >= 0.6 is 0 Å². The van der Waals surface area contributed by atoms with Crippen molar-refractivity contribution in [2.24, 2.45) is 5.10 Å². The molecular formula is C21H16N2O. The van der Waals surface area contributed by atoms with Crippen LogP contribution in [-0.2, 0) is 0 Å². The normalized spacial score (nSPS) is 11.6. The van der Waals surface area contributed by atoms with E-state index in [1.165, 1.54) is 0 Å². The minimum Gasteiger partial charge on any atom is -0.456 e. The van der Waals surface area contributed by atoms with Crippen molar-refractivity contribution in [2.75, 3.05) is 5.43 Å². The highest BCUT2D eigenvalue weighted by Gasteiger charge is 2.05. The van der Waals surface area contributed by atoms with Crippen molar-refractivity contribution in [1.29, 1.82) is 0 Å². The fourth-order valence-electron chi connectivity index (χ4n) is 2.59. The van der Waals surface area contributed by atoms with Gasteiger partial charge in [0.25, 0.3) is 0 Å². The number of nitrogens with zero attached hydrogens (tertiary/aromatic N) is 1. The Morgan fingerprint density at radius 3 is 2.17 bits per heavy atom. The lowest BCUT2D eigenvalue weighted by Gasteiger charge is -2.05. The number of fused-ring (bicyclic) bond motifs is 1. The molecule has 0 saturated heterocycles. The standard InChI is InChI=1S/C21H16N2O/c1-3-9-16(10-4-1)21-15-19(18-13-7-8-14-20(18)24-21)23-22-17-11-5-2-6-12-17/h1-15,22H. The molecule has 0 aliphatic rings. The molecule has 3 heteroatoms. The number of anilines is 1. The first-order chi connectivity index (χ1) is 11.9. The van der Waals surface area contributed by atoms with Crippen LogP contribution in [0.2, 0.25) is 0 Å². The Morgan fingerprint density at radius 2 is 1.38 bits per heavy atom. The summed E-state index contributed by atoms with van der Waals surface area (Å²) in [5.41, 5.74) is 5.90. The van der Waals surface area contributed by atoms with E-state index in [0.29, 0.717) is 0 Å². The first kappa shape index (κ1) is 14.3. The highest BCUT2D eigenvalue weighted by atomic mass is 16.3. The summed E-state index contributed by atoms with van der Waals surface area (Å²) < 4.78 is 6.05. The molecular weight excluding hydrogens is 296 g/mol. The van der Waals surface area contributed by atoms with Crippen LogP contribution in [0.25, 0.3) is 22.3 Å². The lowest BCUT2D eigenvalue weighted by atomic mass is 10.1. The molecule has 0 bridgehead atoms. The summed E-state index contributed by atoms with van der Waals surface area (Å²) in [7, 11) is 0. The molecule has 0 radical (unpaired) electrons. The topological polar surface area (TPSA) is 37.5 Å². The molecule has 0 aliphatic heterocycles. The van der Waals surface area contributed by atoms with E-state index in [2.05, 4.69) is 10.5 Å². The largest absolute Gasteiger partial charge is 0.456 e. The van der Waals surface area contributed by atoms with Gasteiger partial charge in [-0.1, -0.05) is 60.7 Å². The Hall–Kier alpha value is -3.33. The van der Waals surface area contributed by atoms with Crippen molar-refractivity contribution in [2.45, 2.75) is 0 Å². The van der Waals surface area contributed by atoms with Gasteiger partial charge < -0.3 is 4.42 Å². The zero-order valence-electron chi connectivity index (χ0n) is 13.0. The van der Waals surface area contributed by atoms with Crippen molar-refractivity contribution in [3.8, 4) is 11.3 Å². The predicted molar refractivity (Wildman–Crippen MR) is 97.3 cm³/mol. The van der Waals surface area contributed by atoms with Crippen LogP contribution in [-0.4, -0.2) is 0 Å². The molecule has 1 N–H and O–H groups in total. The predicted octanol–water partition coefficient (Wildman–Crippen LogP) is 5.03. The number of benzene rings is 3. The van der Waals surface area contributed by atoms with Crippen molar-refractivity contribution in [3.63, 3.8) is 0 Å². The van der Waals surface area contributed by atoms with Crippen molar-refractivity contribution in [3.05, 3.63) is 96.4 Å². The molecule has 0 saturated carbocycles. The smallest absolute Gasteiger partial charge is 0.136 e. The van der Waals surface area contributed by atoms with E-state index >= 15 is 0 Å². The summed E-state index contributed by atoms with van der Waals surface area (Å²) in [5.74, 6) is 0.794. The number of hydrogen-bond acceptors (Lipinski definition) is 3. The maximum Gasteiger partial charge on any atom is 0.136 e. The molecule has 0 amide bonds. The molecule has 24 heavy (non-hydrogen) atoms. The lowest BCUT2D eigenvalue weighted by Crippen LogP contribution is -2.07. The SMILES string of the molecule is c1ccc(NN=c2cc(-c3ccccc3)oc3ccccc23)cc1. The van der Waals surface area contributed by atoms with Crippen molar-refractivity contribution >= 4 is 16.7 Å². The van der Waals surface area contributed by atoms with Crippen LogP contribution in [0.4, 0.5) is 5.69 Å². The number of nitrogens with one attached hydrogen (secondary N) is 1. The molecule has 0 atom stereocenters. The monoisotopic (exact) mass is 312 g/mol. The highest BCUT2D eigenvalue weighted by Crippen LogP contribution is 2.21. The Morgan fingerprint density at radius 1 is 0.708 bits per heavy atom. The van der Waals surface area contributed by atoms with E-state index in [0.717, 1.165) is 33.3 Å². The van der Waals surface area contributed by atoms with Gasteiger partial charge in [0.1, 0.15) is 11.3 Å². The van der Waals surface area contributed by atoms with Crippen LogP contribution in [0, 0.1) is 0 Å². The average molecular weight is 312 g/mol. The van der Waals surface area contributed by atoms with Crippen molar-refractivity contribution < 1.29 is 4.42 Å². The molecule has 0 fully saturated rings. The lowest BCUT2D eigenvalue weighted by molar-refractivity contribution is 0.618. The van der Waals surface area contributed by atoms with Gasteiger partial charge in [-0.15, -0.1) is 0 Å². The third kappa shape index (κ3) is 2.92. The van der Waals surface area contributed by atoms with Gasteiger partial charge in [-0.25, -0.2) is 0 Å². The zero-order valence-corrected chi connectivity index (χ0v) is 13.0. The molecule has 0 aliphatic carbocycles. The minimum atomic E-state index is 0.794. The summed E-state index contributed by atoms with van der Waals surface area (Å²) in [4.78, 5) is 0. The molecule has 3 aromatic carbocycles. The fraction of sp³-hybridized carbons (Fsp3) is 0. The summed E-state index contributed by atoms with van der Waals surface area (Å²) in [6.45, 7) is 0. The maximum atomic E-state index is 6.05. The van der Waals surface area contributed by atoms with Gasteiger partial charge in [0.2, 0.25) is 0 Å². The fourth-order valence-corrected chi connectivity index (χ4v) is 2.59. The first-order valence-electron chi connectivity index (χ1n) is 7.83. The Labute approximate surface area is 139 Å². The molecule has 0 unspecified atom stereocenters. The third-order valence-corrected chi connectivity index (χ3v) is 3.79. The molecule has 4 aromatic rings. The van der Waals surface area contributed by atoms with E-state index in [4.69, 9.17) is 4.42 Å². The van der Waals surface area contributed by atoms with Gasteiger partial charge in [-0.2, -0.15) is 5.10 Å². The second kappa shape index (κ2) is 6.42. The highest BCUT2D eigenvalue weighted by molar-refractivity contribution is 5.78. The van der Waals surface area contributed by atoms with Gasteiger partial charge in [-0.05, 0) is 24.3 Å². The van der Waals surface area contributed by atoms with Crippen LogP contribution in [0.15, 0.2) is 101 Å². The molecule has 4 rings (SSSR count). The van der Waals surface area contributed by atoms with Gasteiger partial charge in [0, 0.05) is 17.0 Å². The first-order valence-corrected chi connectivity index (χ1v) is 7.83. The summed E-state index contributed by atoms with van der Waals surface area (Å²) >= 11 is 0. The van der Waals surface area contributed by atoms with Crippen molar-refractivity contribution in [1.82, 2.24) is 0 Å². The van der Waals surface area contributed by atoms with Crippen LogP contribution in [0.3, 0.4) is 0 Å². The van der Waals surface area contributed by atoms with E-state index in [1.807, 2.05) is 91.0 Å².